The SMILES string of the molecule is C[C@H]1[C@H]([Si](C)(C)O)[C@@H](CC(=O)N(CCO)Cc2ccccc2)O[C@]12C(=O)N(Cc1ccc(N(C=O)c3ccccc3)cc1)c1ccc(Br)cc12. The monoisotopic (exact) mass is 755 g/mol. The van der Waals surface area contributed by atoms with E-state index in [9.17, 15) is 24.3 Å². The molecule has 0 aliphatic carbocycles. The Balaban J connectivity index is 1.30. The molecule has 11 heteroatoms. The van der Waals surface area contributed by atoms with Crippen molar-refractivity contribution in [3.63, 3.8) is 0 Å². The molecule has 2 aliphatic rings. The van der Waals surface area contributed by atoms with E-state index in [1.807, 2.05) is 123 Å². The van der Waals surface area contributed by atoms with Gasteiger partial charge in [-0.15, -0.1) is 0 Å². The van der Waals surface area contributed by atoms with Crippen molar-refractivity contribution in [3.05, 3.63) is 124 Å². The number of fused-ring (bicyclic) bond motifs is 2. The van der Waals surface area contributed by atoms with Crippen molar-refractivity contribution in [1.82, 2.24) is 4.90 Å². The molecule has 2 N–H and O–H groups in total. The number of hydrogen-bond donors (Lipinski definition) is 2. The predicted octanol–water partition coefficient (Wildman–Crippen LogP) is 6.50. The van der Waals surface area contributed by atoms with Crippen molar-refractivity contribution in [2.24, 2.45) is 5.92 Å². The minimum atomic E-state index is -3.01. The molecule has 4 aromatic rings. The van der Waals surface area contributed by atoms with Crippen LogP contribution >= 0.6 is 15.9 Å². The predicted molar refractivity (Wildman–Crippen MR) is 199 cm³/mol. The smallest absolute Gasteiger partial charge is 0.264 e. The number of anilines is 3. The second-order valence-corrected chi connectivity index (χ2v) is 18.5. The molecule has 50 heavy (non-hydrogen) atoms. The van der Waals surface area contributed by atoms with Gasteiger partial charge in [0.2, 0.25) is 12.3 Å². The summed E-state index contributed by atoms with van der Waals surface area (Å²) in [7, 11) is -3.01. The highest BCUT2D eigenvalue weighted by Crippen LogP contribution is 2.60. The maximum absolute atomic E-state index is 14.8. The molecule has 1 spiro atoms. The number of nitrogens with zero attached hydrogens (tertiary/aromatic N) is 3. The molecule has 0 unspecified atom stereocenters. The van der Waals surface area contributed by atoms with Gasteiger partial charge >= 0.3 is 0 Å². The van der Waals surface area contributed by atoms with Crippen molar-refractivity contribution >= 4 is 59.5 Å². The van der Waals surface area contributed by atoms with E-state index in [1.165, 1.54) is 0 Å². The molecule has 6 rings (SSSR count). The van der Waals surface area contributed by atoms with Crippen LogP contribution < -0.4 is 9.80 Å². The average molecular weight is 757 g/mol. The summed E-state index contributed by atoms with van der Waals surface area (Å²) in [6.45, 7) is 6.17. The molecular formula is C39H42BrN3O6Si. The lowest BCUT2D eigenvalue weighted by Gasteiger charge is -2.32. The number of carbonyl (C=O) groups is 3. The van der Waals surface area contributed by atoms with Crippen molar-refractivity contribution in [2.75, 3.05) is 23.0 Å². The Morgan fingerprint density at radius 1 is 0.960 bits per heavy atom. The highest BCUT2D eigenvalue weighted by Gasteiger charge is 2.66. The largest absolute Gasteiger partial charge is 0.432 e. The summed E-state index contributed by atoms with van der Waals surface area (Å²) in [5.74, 6) is -0.889. The number of carbonyl (C=O) groups excluding carboxylic acids is 3. The fourth-order valence-electron chi connectivity index (χ4n) is 7.73. The number of rotatable bonds is 12. The highest BCUT2D eigenvalue weighted by atomic mass is 79.9. The molecule has 0 saturated carbocycles. The Hall–Kier alpha value is -4.13. The van der Waals surface area contributed by atoms with Crippen molar-refractivity contribution in [3.8, 4) is 0 Å². The van der Waals surface area contributed by atoms with E-state index in [0.717, 1.165) is 27.7 Å². The molecule has 0 bridgehead atoms. The van der Waals surface area contributed by atoms with E-state index in [-0.39, 0.29) is 37.9 Å². The topological polar surface area (TPSA) is 111 Å². The summed E-state index contributed by atoms with van der Waals surface area (Å²) in [6.07, 6.45) is 0.0236. The Bertz CT molecular complexity index is 1840. The summed E-state index contributed by atoms with van der Waals surface area (Å²) in [6, 6.07) is 32.2. The first kappa shape index (κ1) is 35.7. The van der Waals surface area contributed by atoms with E-state index >= 15 is 0 Å². The molecule has 260 valence electrons. The van der Waals surface area contributed by atoms with Crippen LogP contribution in [0.4, 0.5) is 17.1 Å². The van der Waals surface area contributed by atoms with Crippen molar-refractivity contribution < 1.29 is 29.0 Å². The average Bonchev–Trinajstić information content (AvgIpc) is 3.52. The van der Waals surface area contributed by atoms with Gasteiger partial charge < -0.3 is 24.4 Å². The fourth-order valence-corrected chi connectivity index (χ4v) is 10.6. The van der Waals surface area contributed by atoms with Crippen molar-refractivity contribution in [1.29, 1.82) is 0 Å². The molecule has 1 fully saturated rings. The third-order valence-electron chi connectivity index (χ3n) is 9.96. The molecule has 9 nitrogen and oxygen atoms in total. The number of ether oxygens (including phenoxy) is 1. The van der Waals surface area contributed by atoms with Gasteiger partial charge in [0.05, 0.1) is 31.4 Å². The van der Waals surface area contributed by atoms with Gasteiger partial charge in [-0.25, -0.2) is 0 Å². The highest BCUT2D eigenvalue weighted by molar-refractivity contribution is 9.10. The number of hydrogen-bond acceptors (Lipinski definition) is 6. The standard InChI is InChI=1S/C39H42BrN3O6Si/c1-27-37(50(2,3)48)35(23-36(46)41(20-21-44)24-28-10-6-4-7-11-28)49-39(27)33-22-30(40)16-19-34(33)42(38(39)47)25-29-14-17-32(18-15-29)43(26-45)31-12-8-5-9-13-31/h4-19,22,26-27,35,37,44,48H,20-21,23-25H2,1-3H3/t27-,35+,37-,39+/m0/s1. The molecule has 1 saturated heterocycles. The Morgan fingerprint density at radius 3 is 2.22 bits per heavy atom. The van der Waals surface area contributed by atoms with Gasteiger partial charge in [0, 0.05) is 46.0 Å². The van der Waals surface area contributed by atoms with Crippen LogP contribution in [-0.2, 0) is 37.8 Å². The van der Waals surface area contributed by atoms with E-state index in [2.05, 4.69) is 15.9 Å². The van der Waals surface area contributed by atoms with Crippen LogP contribution in [0.5, 0.6) is 0 Å². The van der Waals surface area contributed by atoms with Crippen LogP contribution in [0.1, 0.15) is 30.0 Å². The number of benzene rings is 4. The number of aliphatic hydroxyl groups is 1. The summed E-state index contributed by atoms with van der Waals surface area (Å²) < 4.78 is 7.68. The third kappa shape index (κ3) is 6.80. The third-order valence-corrected chi connectivity index (χ3v) is 13.0. The van der Waals surface area contributed by atoms with E-state index in [0.29, 0.717) is 23.5 Å². The first-order valence-corrected chi connectivity index (χ1v) is 20.6. The molecule has 3 amide bonds. The van der Waals surface area contributed by atoms with Gasteiger partial charge in [0.1, 0.15) is 0 Å². The molecule has 4 atom stereocenters. The van der Waals surface area contributed by atoms with Crippen LogP contribution in [0.25, 0.3) is 0 Å². The van der Waals surface area contributed by atoms with Crippen LogP contribution in [0.15, 0.2) is 108 Å². The van der Waals surface area contributed by atoms with Crippen LogP contribution in [-0.4, -0.2) is 60.6 Å². The minimum absolute atomic E-state index is 0.0344. The van der Waals surface area contributed by atoms with Gasteiger partial charge in [-0.05, 0) is 66.7 Å². The Kier molecular flexibility index (Phi) is 10.4. The summed E-state index contributed by atoms with van der Waals surface area (Å²) in [5, 5.41) is 9.81. The first-order chi connectivity index (χ1) is 24.0. The van der Waals surface area contributed by atoms with Crippen LogP contribution in [0.3, 0.4) is 0 Å². The molecule has 0 radical (unpaired) electrons. The number of amides is 3. The summed E-state index contributed by atoms with van der Waals surface area (Å²) >= 11 is 3.60. The lowest BCUT2D eigenvalue weighted by atomic mass is 9.82. The van der Waals surface area contributed by atoms with Gasteiger partial charge in [-0.2, -0.15) is 0 Å². The molecule has 4 aromatic carbocycles. The number of aliphatic hydroxyl groups excluding tert-OH is 1. The van der Waals surface area contributed by atoms with Crippen LogP contribution in [0, 0.1) is 5.92 Å². The van der Waals surface area contributed by atoms with E-state index < -0.39 is 31.5 Å². The van der Waals surface area contributed by atoms with Crippen LogP contribution in [0.2, 0.25) is 18.6 Å². The Labute approximate surface area is 302 Å². The van der Waals surface area contributed by atoms with E-state index in [1.54, 1.807) is 14.7 Å². The van der Waals surface area contributed by atoms with Crippen molar-refractivity contribution in [2.45, 2.75) is 56.8 Å². The zero-order valence-electron chi connectivity index (χ0n) is 28.4. The van der Waals surface area contributed by atoms with Gasteiger partial charge in [0.15, 0.2) is 13.9 Å². The minimum Gasteiger partial charge on any atom is -0.432 e. The first-order valence-electron chi connectivity index (χ1n) is 16.8. The molecule has 2 heterocycles. The lowest BCUT2D eigenvalue weighted by molar-refractivity contribution is -0.150. The fraction of sp³-hybridized carbons (Fsp3) is 0.308. The molecule has 2 aliphatic heterocycles. The lowest BCUT2D eigenvalue weighted by Crippen LogP contribution is -2.46. The number of para-hydroxylation sites is 1. The van der Waals surface area contributed by atoms with E-state index in [4.69, 9.17) is 4.74 Å². The second kappa shape index (κ2) is 14.6. The zero-order valence-corrected chi connectivity index (χ0v) is 31.0. The maximum Gasteiger partial charge on any atom is 0.264 e. The summed E-state index contributed by atoms with van der Waals surface area (Å²) in [5.41, 5.74) is 2.81. The van der Waals surface area contributed by atoms with Gasteiger partial charge in [-0.3, -0.25) is 19.3 Å². The molecular weight excluding hydrogens is 714 g/mol. The van der Waals surface area contributed by atoms with Gasteiger partial charge in [0.25, 0.3) is 5.91 Å². The number of halogens is 1. The quantitative estimate of drug-likeness (QED) is 0.126. The zero-order chi connectivity index (χ0) is 35.6. The van der Waals surface area contributed by atoms with Gasteiger partial charge in [-0.1, -0.05) is 83.5 Å². The molecule has 0 aromatic heterocycles. The second-order valence-electron chi connectivity index (χ2n) is 13.6. The normalized spacial score (nSPS) is 21.4. The maximum atomic E-state index is 14.8. The Morgan fingerprint density at radius 2 is 1.60 bits per heavy atom. The summed E-state index contributed by atoms with van der Waals surface area (Å²) in [4.78, 5) is 57.3.